The van der Waals surface area contributed by atoms with Gasteiger partial charge in [-0.25, -0.2) is 0 Å². The molecular weight excluding hydrogens is 236 g/mol. The maximum Gasteiger partial charge on any atom is 0.313 e. The Balaban J connectivity index is 2.99. The molecule has 0 saturated carbocycles. The van der Waals surface area contributed by atoms with Gasteiger partial charge in [-0.15, -0.1) is 0 Å². The highest BCUT2D eigenvalue weighted by molar-refractivity contribution is 6.46. The van der Waals surface area contributed by atoms with Gasteiger partial charge in [0, 0.05) is 6.54 Å². The van der Waals surface area contributed by atoms with Crippen LogP contribution in [0.15, 0.2) is 0 Å². The summed E-state index contributed by atoms with van der Waals surface area (Å²) >= 11 is 10.2. The van der Waals surface area contributed by atoms with Crippen LogP contribution in [-0.4, -0.2) is 11.3 Å². The Bertz CT molecular complexity index is 137. The second kappa shape index (κ2) is 9.68. The Morgan fingerprint density at radius 2 is 1.40 bits per heavy atom. The zero-order valence-corrected chi connectivity index (χ0v) is 11.0. The van der Waals surface area contributed by atoms with E-state index in [-0.39, 0.29) is 0 Å². The number of halogens is 3. The topological polar surface area (TPSA) is 12.0 Å². The molecule has 1 nitrogen and oxygen atoms in total. The van der Waals surface area contributed by atoms with Crippen molar-refractivity contribution in [2.75, 3.05) is 6.54 Å². The first kappa shape index (κ1) is 15.5. The molecule has 92 valence electrons. The van der Waals surface area contributed by atoms with Gasteiger partial charge in [0.25, 0.3) is 0 Å². The first-order valence-electron chi connectivity index (χ1n) is 5.88. The Kier molecular flexibility index (Phi) is 9.98. The SMILES string of the molecule is CCCCCCCCCCNC(F)(Cl)Cl. The molecule has 4 heteroatoms. The summed E-state index contributed by atoms with van der Waals surface area (Å²) in [5.74, 6) is 0. The van der Waals surface area contributed by atoms with E-state index in [0.29, 0.717) is 6.54 Å². The molecule has 0 aliphatic heterocycles. The molecule has 0 bridgehead atoms. The van der Waals surface area contributed by atoms with E-state index in [9.17, 15) is 4.39 Å². The second-order valence-electron chi connectivity index (χ2n) is 3.90. The molecule has 0 aliphatic carbocycles. The minimum absolute atomic E-state index is 0.540. The smallest absolute Gasteiger partial charge is 0.259 e. The van der Waals surface area contributed by atoms with Crippen LogP contribution >= 0.6 is 23.2 Å². The quantitative estimate of drug-likeness (QED) is 0.338. The normalized spacial score (nSPS) is 12.0. The number of hydrogen-bond acceptors (Lipinski definition) is 1. The third-order valence-corrected chi connectivity index (χ3v) is 2.62. The van der Waals surface area contributed by atoms with Crippen molar-refractivity contribution in [3.63, 3.8) is 0 Å². The van der Waals surface area contributed by atoms with Gasteiger partial charge in [-0.1, -0.05) is 51.9 Å². The first-order chi connectivity index (χ1) is 7.06. The summed E-state index contributed by atoms with van der Waals surface area (Å²) < 4.78 is 10.3. The number of hydrogen-bond donors (Lipinski definition) is 1. The summed E-state index contributed by atoms with van der Waals surface area (Å²) in [4.78, 5) is 0. The van der Waals surface area contributed by atoms with E-state index in [1.165, 1.54) is 38.5 Å². The number of nitrogens with one attached hydrogen (secondary N) is 1. The minimum Gasteiger partial charge on any atom is -0.259 e. The molecule has 15 heavy (non-hydrogen) atoms. The number of unbranched alkanes of at least 4 members (excludes halogenated alkanes) is 7. The Labute approximate surface area is 103 Å². The van der Waals surface area contributed by atoms with Crippen LogP contribution in [0.1, 0.15) is 58.3 Å². The lowest BCUT2D eigenvalue weighted by molar-refractivity contribution is 0.323. The molecule has 1 N–H and O–H groups in total. The van der Waals surface area contributed by atoms with Crippen LogP contribution in [0.3, 0.4) is 0 Å². The van der Waals surface area contributed by atoms with Crippen molar-refractivity contribution in [1.29, 1.82) is 0 Å². The summed E-state index contributed by atoms with van der Waals surface area (Å²) in [6.45, 7) is 2.76. The Hall–Kier alpha value is 0.470. The Morgan fingerprint density at radius 3 is 1.87 bits per heavy atom. The van der Waals surface area contributed by atoms with Crippen molar-refractivity contribution in [2.45, 2.75) is 63.0 Å². The molecule has 0 spiro atoms. The Morgan fingerprint density at radius 1 is 0.933 bits per heavy atom. The monoisotopic (exact) mass is 257 g/mol. The lowest BCUT2D eigenvalue weighted by Gasteiger charge is -2.10. The van der Waals surface area contributed by atoms with Crippen molar-refractivity contribution >= 4 is 23.2 Å². The van der Waals surface area contributed by atoms with Gasteiger partial charge in [0.2, 0.25) is 0 Å². The van der Waals surface area contributed by atoms with Crippen molar-refractivity contribution in [3.05, 3.63) is 0 Å². The molecule has 0 unspecified atom stereocenters. The minimum atomic E-state index is -2.26. The van der Waals surface area contributed by atoms with E-state index in [1.54, 1.807) is 0 Å². The largest absolute Gasteiger partial charge is 0.313 e. The van der Waals surface area contributed by atoms with E-state index in [1.807, 2.05) is 0 Å². The highest BCUT2D eigenvalue weighted by Crippen LogP contribution is 2.17. The van der Waals surface area contributed by atoms with E-state index in [2.05, 4.69) is 12.2 Å². The third-order valence-electron chi connectivity index (χ3n) is 2.36. The van der Waals surface area contributed by atoms with Gasteiger partial charge in [-0.3, -0.25) is 5.32 Å². The van der Waals surface area contributed by atoms with Crippen LogP contribution in [0.5, 0.6) is 0 Å². The zero-order chi connectivity index (χ0) is 11.6. The summed E-state index contributed by atoms with van der Waals surface area (Å²) in [6, 6.07) is 0. The summed E-state index contributed by atoms with van der Waals surface area (Å²) in [5.41, 5.74) is 0. The van der Waals surface area contributed by atoms with Crippen LogP contribution in [-0.2, 0) is 0 Å². The molecule has 0 amide bonds. The highest BCUT2D eigenvalue weighted by atomic mass is 35.5. The fourth-order valence-electron chi connectivity index (χ4n) is 1.49. The van der Waals surface area contributed by atoms with Crippen LogP contribution < -0.4 is 5.32 Å². The van der Waals surface area contributed by atoms with Crippen molar-refractivity contribution < 1.29 is 4.39 Å². The average Bonchev–Trinajstić information content (AvgIpc) is 2.14. The summed E-state index contributed by atoms with van der Waals surface area (Å²) in [7, 11) is 0. The second-order valence-corrected chi connectivity index (χ2v) is 5.13. The van der Waals surface area contributed by atoms with Gasteiger partial charge in [-0.05, 0) is 29.6 Å². The zero-order valence-electron chi connectivity index (χ0n) is 9.50. The lowest BCUT2D eigenvalue weighted by atomic mass is 10.1. The van der Waals surface area contributed by atoms with Crippen molar-refractivity contribution in [3.8, 4) is 0 Å². The molecule has 0 rings (SSSR count). The predicted molar refractivity (Wildman–Crippen MR) is 66.2 cm³/mol. The molecule has 0 heterocycles. The molecule has 0 aromatic carbocycles. The predicted octanol–water partition coefficient (Wildman–Crippen LogP) is 4.78. The van der Waals surface area contributed by atoms with Gasteiger partial charge < -0.3 is 0 Å². The maximum absolute atomic E-state index is 12.5. The van der Waals surface area contributed by atoms with Crippen LogP contribution in [0.4, 0.5) is 4.39 Å². The highest BCUT2D eigenvalue weighted by Gasteiger charge is 2.19. The average molecular weight is 258 g/mol. The standard InChI is InChI=1S/C11H22Cl2FN/c1-2-3-4-5-6-7-8-9-10-15-11(12,13)14/h15H,2-10H2,1H3. The summed E-state index contributed by atoms with van der Waals surface area (Å²) in [5, 5.41) is 2.40. The molecule has 0 fully saturated rings. The van der Waals surface area contributed by atoms with Crippen LogP contribution in [0.25, 0.3) is 0 Å². The molecule has 0 atom stereocenters. The molecule has 0 aromatic rings. The van der Waals surface area contributed by atoms with E-state index in [4.69, 9.17) is 23.2 Å². The van der Waals surface area contributed by atoms with Gasteiger partial charge >= 0.3 is 4.71 Å². The van der Waals surface area contributed by atoms with Crippen LogP contribution in [0.2, 0.25) is 0 Å². The molecule has 0 aromatic heterocycles. The van der Waals surface area contributed by atoms with Gasteiger partial charge in [-0.2, -0.15) is 4.39 Å². The fraction of sp³-hybridized carbons (Fsp3) is 1.00. The molecule has 0 radical (unpaired) electrons. The third kappa shape index (κ3) is 14.5. The van der Waals surface area contributed by atoms with Gasteiger partial charge in [0.1, 0.15) is 0 Å². The van der Waals surface area contributed by atoms with E-state index in [0.717, 1.165) is 12.8 Å². The lowest BCUT2D eigenvalue weighted by Crippen LogP contribution is -2.29. The van der Waals surface area contributed by atoms with Gasteiger partial charge in [0.15, 0.2) is 0 Å². The molecule has 0 aliphatic rings. The van der Waals surface area contributed by atoms with Gasteiger partial charge in [0.05, 0.1) is 0 Å². The first-order valence-corrected chi connectivity index (χ1v) is 6.63. The summed E-state index contributed by atoms with van der Waals surface area (Å²) in [6.07, 6.45) is 9.82. The van der Waals surface area contributed by atoms with Crippen molar-refractivity contribution in [1.82, 2.24) is 5.32 Å². The van der Waals surface area contributed by atoms with Crippen molar-refractivity contribution in [2.24, 2.45) is 0 Å². The van der Waals surface area contributed by atoms with E-state index < -0.39 is 4.71 Å². The van der Waals surface area contributed by atoms with Crippen LogP contribution in [0, 0.1) is 0 Å². The molecular formula is C11H22Cl2FN. The maximum atomic E-state index is 12.5. The van der Waals surface area contributed by atoms with E-state index >= 15 is 0 Å². The number of rotatable bonds is 10. The fourth-order valence-corrected chi connectivity index (χ4v) is 1.68. The number of alkyl halides is 3. The molecule has 0 saturated heterocycles.